The standard InChI is InChI=1S/C10H9BrO.C2H7NO/c11-8-5-4-7-2-1-3-10(12)9(7)6-8;1-4-2-3/h4-6H,1-3H2;2-3H2,1H3. The van der Waals surface area contributed by atoms with Crippen LogP contribution in [0.5, 0.6) is 0 Å². The van der Waals surface area contributed by atoms with E-state index < -0.39 is 0 Å². The van der Waals surface area contributed by atoms with Crippen molar-refractivity contribution >= 4 is 21.7 Å². The number of fused-ring (bicyclic) bond motifs is 1. The number of carbonyl (C=O) groups is 1. The SMILES string of the molecule is COCN.O=C1CCCc2ccc(Br)cc21. The number of hydrogen-bond acceptors (Lipinski definition) is 3. The van der Waals surface area contributed by atoms with Gasteiger partial charge < -0.3 is 10.5 Å². The first-order chi connectivity index (χ1) is 7.69. The van der Waals surface area contributed by atoms with Crippen LogP contribution in [0.25, 0.3) is 0 Å². The van der Waals surface area contributed by atoms with E-state index in [1.54, 1.807) is 7.11 Å². The number of Topliss-reactive ketones (excluding diaryl/α,β-unsaturated/α-hetero) is 1. The van der Waals surface area contributed by atoms with Gasteiger partial charge in [0.1, 0.15) is 0 Å². The summed E-state index contributed by atoms with van der Waals surface area (Å²) in [5.74, 6) is 0.289. The zero-order valence-electron chi connectivity index (χ0n) is 9.33. The second-order valence-electron chi connectivity index (χ2n) is 3.53. The van der Waals surface area contributed by atoms with Gasteiger partial charge in [0.25, 0.3) is 0 Å². The van der Waals surface area contributed by atoms with E-state index in [9.17, 15) is 4.79 Å². The van der Waals surface area contributed by atoms with Crippen LogP contribution >= 0.6 is 15.9 Å². The molecule has 0 saturated heterocycles. The highest BCUT2D eigenvalue weighted by Crippen LogP contribution is 2.24. The van der Waals surface area contributed by atoms with Crippen LogP contribution in [0.1, 0.15) is 28.8 Å². The molecule has 0 aromatic heterocycles. The van der Waals surface area contributed by atoms with Gasteiger partial charge in [0, 0.05) is 23.6 Å². The molecule has 2 N–H and O–H groups in total. The maximum absolute atomic E-state index is 11.4. The van der Waals surface area contributed by atoms with Gasteiger partial charge in [0.15, 0.2) is 5.78 Å². The molecule has 1 aliphatic rings. The molecule has 2 rings (SSSR count). The van der Waals surface area contributed by atoms with Gasteiger partial charge in [-0.1, -0.05) is 22.0 Å². The molecule has 3 nitrogen and oxygen atoms in total. The first kappa shape index (κ1) is 13.4. The van der Waals surface area contributed by atoms with Gasteiger partial charge in [-0.25, -0.2) is 0 Å². The van der Waals surface area contributed by atoms with Crippen LogP contribution in [-0.2, 0) is 11.2 Å². The molecule has 0 amide bonds. The summed E-state index contributed by atoms with van der Waals surface area (Å²) in [6, 6.07) is 5.96. The first-order valence-electron chi connectivity index (χ1n) is 5.19. The van der Waals surface area contributed by atoms with Crippen LogP contribution in [0.4, 0.5) is 0 Å². The predicted molar refractivity (Wildman–Crippen MR) is 67.5 cm³/mol. The maximum Gasteiger partial charge on any atom is 0.163 e. The average Bonchev–Trinajstić information content (AvgIpc) is 2.31. The number of ether oxygens (including phenoxy) is 1. The quantitative estimate of drug-likeness (QED) is 0.807. The third-order valence-electron chi connectivity index (χ3n) is 2.39. The monoisotopic (exact) mass is 285 g/mol. The highest BCUT2D eigenvalue weighted by molar-refractivity contribution is 9.10. The van der Waals surface area contributed by atoms with E-state index in [2.05, 4.69) is 20.7 Å². The Hall–Kier alpha value is -0.710. The zero-order chi connectivity index (χ0) is 12.0. The Balaban J connectivity index is 0.000000280. The number of halogens is 1. The molecule has 0 unspecified atom stereocenters. The topological polar surface area (TPSA) is 52.3 Å². The molecule has 0 heterocycles. The second-order valence-corrected chi connectivity index (χ2v) is 4.45. The molecule has 1 aliphatic carbocycles. The van der Waals surface area contributed by atoms with Crippen molar-refractivity contribution in [3.63, 3.8) is 0 Å². The van der Waals surface area contributed by atoms with Crippen LogP contribution in [-0.4, -0.2) is 19.6 Å². The fourth-order valence-corrected chi connectivity index (χ4v) is 1.96. The molecule has 1 aromatic rings. The van der Waals surface area contributed by atoms with Crippen molar-refractivity contribution < 1.29 is 9.53 Å². The van der Waals surface area contributed by atoms with Crippen molar-refractivity contribution in [1.82, 2.24) is 0 Å². The molecule has 0 atom stereocenters. The molecule has 0 bridgehead atoms. The van der Waals surface area contributed by atoms with Crippen LogP contribution in [0.2, 0.25) is 0 Å². The van der Waals surface area contributed by atoms with Crippen LogP contribution in [0.15, 0.2) is 22.7 Å². The minimum atomic E-state index is 0.289. The Morgan fingerprint density at radius 3 is 2.75 bits per heavy atom. The fraction of sp³-hybridized carbons (Fsp3) is 0.417. The second kappa shape index (κ2) is 6.78. The molecule has 0 saturated carbocycles. The molecule has 1 aromatic carbocycles. The summed E-state index contributed by atoms with van der Waals surface area (Å²) >= 11 is 3.37. The van der Waals surface area contributed by atoms with Gasteiger partial charge >= 0.3 is 0 Å². The van der Waals surface area contributed by atoms with Gasteiger partial charge in [0.05, 0.1) is 6.73 Å². The van der Waals surface area contributed by atoms with E-state index in [0.29, 0.717) is 13.2 Å². The van der Waals surface area contributed by atoms with Crippen LogP contribution in [0.3, 0.4) is 0 Å². The number of ketones is 1. The summed E-state index contributed by atoms with van der Waals surface area (Å²) in [6.07, 6.45) is 2.77. The average molecular weight is 286 g/mol. The number of benzene rings is 1. The number of nitrogens with two attached hydrogens (primary N) is 1. The lowest BCUT2D eigenvalue weighted by Crippen LogP contribution is -2.10. The summed E-state index contributed by atoms with van der Waals surface area (Å²) in [5.41, 5.74) is 6.92. The zero-order valence-corrected chi connectivity index (χ0v) is 10.9. The molecule has 0 radical (unpaired) electrons. The van der Waals surface area contributed by atoms with Crippen LogP contribution < -0.4 is 5.73 Å². The normalized spacial score (nSPS) is 13.8. The summed E-state index contributed by atoms with van der Waals surface area (Å²) in [6.45, 7) is 0.319. The Kier molecular flexibility index (Phi) is 5.66. The summed E-state index contributed by atoms with van der Waals surface area (Å²) < 4.78 is 5.32. The summed E-state index contributed by atoms with van der Waals surface area (Å²) in [4.78, 5) is 11.4. The minimum Gasteiger partial charge on any atom is -0.370 e. The van der Waals surface area contributed by atoms with E-state index >= 15 is 0 Å². The lowest BCUT2D eigenvalue weighted by atomic mass is 9.91. The molecule has 4 heteroatoms. The van der Waals surface area contributed by atoms with E-state index in [0.717, 1.165) is 22.9 Å². The van der Waals surface area contributed by atoms with E-state index in [-0.39, 0.29) is 5.78 Å². The molecule has 0 spiro atoms. The molecular weight excluding hydrogens is 270 g/mol. The Labute approximate surface area is 104 Å². The number of methoxy groups -OCH3 is 1. The Morgan fingerprint density at radius 2 is 2.12 bits per heavy atom. The van der Waals surface area contributed by atoms with Crippen molar-refractivity contribution in [2.24, 2.45) is 5.73 Å². The van der Waals surface area contributed by atoms with Gasteiger partial charge in [-0.05, 0) is 30.5 Å². The molecule has 0 aliphatic heterocycles. The van der Waals surface area contributed by atoms with Crippen molar-refractivity contribution in [1.29, 1.82) is 0 Å². The van der Waals surface area contributed by atoms with Crippen molar-refractivity contribution in [3.8, 4) is 0 Å². The maximum atomic E-state index is 11.4. The van der Waals surface area contributed by atoms with Gasteiger partial charge in [-0.15, -0.1) is 0 Å². The highest BCUT2D eigenvalue weighted by atomic mass is 79.9. The highest BCUT2D eigenvalue weighted by Gasteiger charge is 2.16. The summed E-state index contributed by atoms with van der Waals surface area (Å²) in [7, 11) is 1.56. The Morgan fingerprint density at radius 1 is 1.44 bits per heavy atom. The van der Waals surface area contributed by atoms with Crippen molar-refractivity contribution in [2.75, 3.05) is 13.8 Å². The van der Waals surface area contributed by atoms with Crippen LogP contribution in [0, 0.1) is 0 Å². The smallest absolute Gasteiger partial charge is 0.163 e. The molecule has 16 heavy (non-hydrogen) atoms. The van der Waals surface area contributed by atoms with Crippen molar-refractivity contribution in [2.45, 2.75) is 19.3 Å². The number of hydrogen-bond donors (Lipinski definition) is 1. The van der Waals surface area contributed by atoms with E-state index in [4.69, 9.17) is 5.73 Å². The molecular formula is C12H16BrNO2. The molecule has 88 valence electrons. The lowest BCUT2D eigenvalue weighted by Gasteiger charge is -2.13. The Bertz CT molecular complexity index is 364. The molecule has 0 fully saturated rings. The summed E-state index contributed by atoms with van der Waals surface area (Å²) in [5, 5.41) is 0. The lowest BCUT2D eigenvalue weighted by molar-refractivity contribution is 0.0972. The third-order valence-corrected chi connectivity index (χ3v) is 2.88. The number of carbonyl (C=O) groups excluding carboxylic acids is 1. The predicted octanol–water partition coefficient (Wildman–Crippen LogP) is 2.52. The van der Waals surface area contributed by atoms with Gasteiger partial charge in [-0.3, -0.25) is 4.79 Å². The number of rotatable bonds is 1. The van der Waals surface area contributed by atoms with E-state index in [1.807, 2.05) is 18.2 Å². The largest absolute Gasteiger partial charge is 0.370 e. The van der Waals surface area contributed by atoms with Gasteiger partial charge in [-0.2, -0.15) is 0 Å². The minimum absolute atomic E-state index is 0.289. The first-order valence-corrected chi connectivity index (χ1v) is 5.99. The van der Waals surface area contributed by atoms with E-state index in [1.165, 1.54) is 5.56 Å². The third kappa shape index (κ3) is 3.70. The number of aryl methyl sites for hydroxylation is 1. The van der Waals surface area contributed by atoms with Gasteiger partial charge in [0.2, 0.25) is 0 Å². The fourth-order valence-electron chi connectivity index (χ4n) is 1.60. The van der Waals surface area contributed by atoms with Crippen molar-refractivity contribution in [3.05, 3.63) is 33.8 Å².